The SMILES string of the molecule is CCC(CC)N(CCOC)c1nc(Cl)ccc1C(=O)O. The second-order valence-electron chi connectivity index (χ2n) is 4.47. The highest BCUT2D eigenvalue weighted by Crippen LogP contribution is 2.25. The molecule has 0 aromatic carbocycles. The summed E-state index contributed by atoms with van der Waals surface area (Å²) in [5.74, 6) is -0.590. The van der Waals surface area contributed by atoms with Crippen molar-refractivity contribution >= 4 is 23.4 Å². The molecule has 0 aliphatic rings. The number of carboxylic acids is 1. The van der Waals surface area contributed by atoms with Crippen LogP contribution in [-0.4, -0.2) is 42.4 Å². The van der Waals surface area contributed by atoms with Crippen LogP contribution in [0.15, 0.2) is 12.1 Å². The van der Waals surface area contributed by atoms with Gasteiger partial charge in [-0.2, -0.15) is 0 Å². The first-order valence-corrected chi connectivity index (χ1v) is 7.08. The van der Waals surface area contributed by atoms with Crippen LogP contribution in [0.4, 0.5) is 5.82 Å². The summed E-state index contributed by atoms with van der Waals surface area (Å²) < 4.78 is 5.11. The molecule has 0 unspecified atom stereocenters. The lowest BCUT2D eigenvalue weighted by Gasteiger charge is -2.32. The minimum absolute atomic E-state index is 0.164. The van der Waals surface area contributed by atoms with Gasteiger partial charge in [0.15, 0.2) is 0 Å². The van der Waals surface area contributed by atoms with Crippen molar-refractivity contribution in [2.75, 3.05) is 25.2 Å². The van der Waals surface area contributed by atoms with Gasteiger partial charge in [0.2, 0.25) is 0 Å². The Morgan fingerprint density at radius 3 is 2.60 bits per heavy atom. The van der Waals surface area contributed by atoms with E-state index >= 15 is 0 Å². The van der Waals surface area contributed by atoms with E-state index in [4.69, 9.17) is 16.3 Å². The summed E-state index contributed by atoms with van der Waals surface area (Å²) in [5.41, 5.74) is 0.164. The number of ether oxygens (including phenoxy) is 1. The summed E-state index contributed by atoms with van der Waals surface area (Å²) >= 11 is 5.93. The Balaban J connectivity index is 3.23. The molecule has 1 aromatic heterocycles. The molecule has 5 nitrogen and oxygen atoms in total. The maximum absolute atomic E-state index is 11.4. The fourth-order valence-corrected chi connectivity index (χ4v) is 2.33. The number of carbonyl (C=O) groups is 1. The van der Waals surface area contributed by atoms with Gasteiger partial charge in [-0.05, 0) is 25.0 Å². The third-order valence-electron chi connectivity index (χ3n) is 3.26. The highest BCUT2D eigenvalue weighted by atomic mass is 35.5. The monoisotopic (exact) mass is 300 g/mol. The van der Waals surface area contributed by atoms with Crippen LogP contribution < -0.4 is 4.90 Å². The first-order chi connectivity index (χ1) is 9.54. The topological polar surface area (TPSA) is 62.7 Å². The molecule has 0 saturated carbocycles. The van der Waals surface area contributed by atoms with Crippen LogP contribution in [0.2, 0.25) is 5.15 Å². The van der Waals surface area contributed by atoms with E-state index in [9.17, 15) is 9.90 Å². The molecule has 1 heterocycles. The van der Waals surface area contributed by atoms with E-state index in [-0.39, 0.29) is 11.6 Å². The predicted octanol–water partition coefficient (Wildman–Crippen LogP) is 3.07. The van der Waals surface area contributed by atoms with Gasteiger partial charge in [-0.1, -0.05) is 25.4 Å². The van der Waals surface area contributed by atoms with Gasteiger partial charge in [0.1, 0.15) is 16.5 Å². The first-order valence-electron chi connectivity index (χ1n) is 6.70. The van der Waals surface area contributed by atoms with Crippen LogP contribution in [0, 0.1) is 0 Å². The maximum atomic E-state index is 11.4. The fourth-order valence-electron chi connectivity index (χ4n) is 2.19. The Morgan fingerprint density at radius 2 is 2.10 bits per heavy atom. The lowest BCUT2D eigenvalue weighted by Crippen LogP contribution is -2.38. The van der Waals surface area contributed by atoms with Crippen LogP contribution in [0.5, 0.6) is 0 Å². The zero-order chi connectivity index (χ0) is 15.1. The largest absolute Gasteiger partial charge is 0.478 e. The van der Waals surface area contributed by atoms with Gasteiger partial charge in [-0.25, -0.2) is 9.78 Å². The van der Waals surface area contributed by atoms with E-state index < -0.39 is 5.97 Å². The first kappa shape index (κ1) is 16.7. The molecule has 6 heteroatoms. The summed E-state index contributed by atoms with van der Waals surface area (Å²) in [6.45, 7) is 5.22. The second-order valence-corrected chi connectivity index (χ2v) is 4.85. The lowest BCUT2D eigenvalue weighted by atomic mass is 10.1. The zero-order valence-electron chi connectivity index (χ0n) is 12.1. The number of rotatable bonds is 8. The summed E-state index contributed by atoms with van der Waals surface area (Å²) in [5, 5.41) is 9.61. The number of anilines is 1. The van der Waals surface area contributed by atoms with E-state index in [2.05, 4.69) is 18.8 Å². The van der Waals surface area contributed by atoms with Crippen molar-refractivity contribution in [1.82, 2.24) is 4.98 Å². The van der Waals surface area contributed by atoms with Crippen molar-refractivity contribution in [2.24, 2.45) is 0 Å². The number of halogens is 1. The van der Waals surface area contributed by atoms with Crippen LogP contribution in [0.3, 0.4) is 0 Å². The smallest absolute Gasteiger partial charge is 0.339 e. The van der Waals surface area contributed by atoms with Crippen molar-refractivity contribution in [2.45, 2.75) is 32.7 Å². The molecule has 0 fully saturated rings. The average Bonchev–Trinajstić information content (AvgIpc) is 2.43. The molecule has 0 aliphatic heterocycles. The molecule has 1 rings (SSSR count). The Bertz CT molecular complexity index is 450. The highest BCUT2D eigenvalue weighted by molar-refractivity contribution is 6.29. The minimum atomic E-state index is -1.00. The van der Waals surface area contributed by atoms with Crippen molar-refractivity contribution in [3.8, 4) is 0 Å². The highest BCUT2D eigenvalue weighted by Gasteiger charge is 2.23. The number of pyridine rings is 1. The standard InChI is InChI=1S/C14H21ClN2O3/c1-4-10(5-2)17(8-9-20-3)13-11(14(18)19)6-7-12(15)16-13/h6-7,10H,4-5,8-9H2,1-3H3,(H,18,19). The number of methoxy groups -OCH3 is 1. The average molecular weight is 301 g/mol. The molecule has 0 aliphatic carbocycles. The molecule has 0 amide bonds. The van der Waals surface area contributed by atoms with Crippen LogP contribution >= 0.6 is 11.6 Å². The van der Waals surface area contributed by atoms with E-state index in [1.165, 1.54) is 12.1 Å². The van der Waals surface area contributed by atoms with Crippen LogP contribution in [0.1, 0.15) is 37.0 Å². The Kier molecular flexibility index (Phi) is 6.75. The molecule has 1 N–H and O–H groups in total. The summed E-state index contributed by atoms with van der Waals surface area (Å²) in [6.07, 6.45) is 1.79. The van der Waals surface area contributed by atoms with Gasteiger partial charge in [0.05, 0.1) is 6.61 Å². The van der Waals surface area contributed by atoms with E-state index in [1.54, 1.807) is 7.11 Å². The Hall–Kier alpha value is -1.33. The molecule has 0 spiro atoms. The van der Waals surface area contributed by atoms with E-state index in [0.29, 0.717) is 24.1 Å². The molecule has 0 saturated heterocycles. The fraction of sp³-hybridized carbons (Fsp3) is 0.571. The summed E-state index contributed by atoms with van der Waals surface area (Å²) in [4.78, 5) is 17.6. The molecule has 0 atom stereocenters. The Labute approximate surface area is 124 Å². The van der Waals surface area contributed by atoms with Gasteiger partial charge in [0.25, 0.3) is 0 Å². The number of carboxylic acid groups (broad SMARTS) is 1. The summed E-state index contributed by atoms with van der Waals surface area (Å²) in [7, 11) is 1.62. The lowest BCUT2D eigenvalue weighted by molar-refractivity contribution is 0.0697. The van der Waals surface area contributed by atoms with Gasteiger partial charge < -0.3 is 14.7 Å². The van der Waals surface area contributed by atoms with Crippen molar-refractivity contribution in [1.29, 1.82) is 0 Å². The van der Waals surface area contributed by atoms with Gasteiger partial charge >= 0.3 is 5.97 Å². The third kappa shape index (κ3) is 4.08. The Morgan fingerprint density at radius 1 is 1.45 bits per heavy atom. The van der Waals surface area contributed by atoms with Crippen molar-refractivity contribution in [3.63, 3.8) is 0 Å². The predicted molar refractivity (Wildman–Crippen MR) is 79.8 cm³/mol. The number of nitrogens with zero attached hydrogens (tertiary/aromatic N) is 2. The van der Waals surface area contributed by atoms with Gasteiger partial charge in [-0.15, -0.1) is 0 Å². The normalized spacial score (nSPS) is 10.8. The third-order valence-corrected chi connectivity index (χ3v) is 3.47. The number of hydrogen-bond donors (Lipinski definition) is 1. The minimum Gasteiger partial charge on any atom is -0.478 e. The number of hydrogen-bond acceptors (Lipinski definition) is 4. The van der Waals surface area contributed by atoms with Crippen molar-refractivity contribution in [3.05, 3.63) is 22.8 Å². The van der Waals surface area contributed by atoms with Gasteiger partial charge in [-0.3, -0.25) is 0 Å². The molecular formula is C14H21ClN2O3. The zero-order valence-corrected chi connectivity index (χ0v) is 12.9. The van der Waals surface area contributed by atoms with Gasteiger partial charge in [0, 0.05) is 19.7 Å². The van der Waals surface area contributed by atoms with Crippen LogP contribution in [0.25, 0.3) is 0 Å². The number of aromatic nitrogens is 1. The molecule has 1 aromatic rings. The quantitative estimate of drug-likeness (QED) is 0.748. The maximum Gasteiger partial charge on any atom is 0.339 e. The van der Waals surface area contributed by atoms with Crippen LogP contribution in [-0.2, 0) is 4.74 Å². The molecular weight excluding hydrogens is 280 g/mol. The number of aromatic carboxylic acids is 1. The molecule has 20 heavy (non-hydrogen) atoms. The summed E-state index contributed by atoms with van der Waals surface area (Å²) in [6, 6.07) is 3.19. The molecule has 0 radical (unpaired) electrons. The second kappa shape index (κ2) is 8.07. The van der Waals surface area contributed by atoms with E-state index in [1.807, 2.05) is 4.90 Å². The van der Waals surface area contributed by atoms with E-state index in [0.717, 1.165) is 12.8 Å². The molecule has 0 bridgehead atoms. The molecule has 112 valence electrons. The van der Waals surface area contributed by atoms with Crippen molar-refractivity contribution < 1.29 is 14.6 Å².